The molecule has 0 N–H and O–H groups in total. The number of hydrogen-bond acceptors (Lipinski definition) is 7. The van der Waals surface area contributed by atoms with Crippen LogP contribution < -0.4 is 10.5 Å². The van der Waals surface area contributed by atoms with Crippen molar-refractivity contribution in [1.82, 2.24) is 14.3 Å². The minimum Gasteiger partial charge on any atom is -0.378 e. The van der Waals surface area contributed by atoms with Gasteiger partial charge < -0.3 is 9.64 Å². The Balaban J connectivity index is 1.54. The molecule has 2 aliphatic heterocycles. The highest BCUT2D eigenvalue weighted by atomic mass is 32.2. The van der Waals surface area contributed by atoms with Crippen LogP contribution in [0, 0.1) is 6.92 Å². The molecular weight excluding hydrogens is 456 g/mol. The topological polar surface area (TPSA) is 67.2 Å². The molecule has 3 aromatic rings. The zero-order valence-electron chi connectivity index (χ0n) is 18.1. The van der Waals surface area contributed by atoms with Gasteiger partial charge in [-0.25, -0.2) is 4.98 Å². The predicted octanol–water partition coefficient (Wildman–Crippen LogP) is 3.24. The lowest BCUT2D eigenvalue weighted by Gasteiger charge is -2.29. The van der Waals surface area contributed by atoms with Gasteiger partial charge in [-0.05, 0) is 30.7 Å². The number of thioether (sulfide) groups is 1. The van der Waals surface area contributed by atoms with Crippen molar-refractivity contribution in [2.45, 2.75) is 13.5 Å². The van der Waals surface area contributed by atoms with Gasteiger partial charge in [0.15, 0.2) is 0 Å². The van der Waals surface area contributed by atoms with Crippen molar-refractivity contribution >= 4 is 51.7 Å². The van der Waals surface area contributed by atoms with E-state index in [0.29, 0.717) is 59.1 Å². The largest absolute Gasteiger partial charge is 0.378 e. The highest BCUT2D eigenvalue weighted by molar-refractivity contribution is 8.26. The lowest BCUT2D eigenvalue weighted by Crippen LogP contribution is -2.38. The molecule has 7 nitrogen and oxygen atoms in total. The summed E-state index contributed by atoms with van der Waals surface area (Å²) in [5.41, 5.74) is 2.89. The highest BCUT2D eigenvalue weighted by Gasteiger charge is 2.33. The molecule has 1 aromatic carbocycles. The molecule has 2 aliphatic rings. The van der Waals surface area contributed by atoms with Gasteiger partial charge >= 0.3 is 0 Å². The molecule has 0 atom stereocenters. The van der Waals surface area contributed by atoms with Gasteiger partial charge in [0, 0.05) is 19.3 Å². The number of carbonyl (C=O) groups is 1. The van der Waals surface area contributed by atoms with Crippen molar-refractivity contribution in [3.63, 3.8) is 0 Å². The van der Waals surface area contributed by atoms with E-state index in [4.69, 9.17) is 21.9 Å². The van der Waals surface area contributed by atoms with Crippen molar-refractivity contribution in [2.24, 2.45) is 0 Å². The monoisotopic (exact) mass is 478 g/mol. The van der Waals surface area contributed by atoms with E-state index < -0.39 is 0 Å². The maximum absolute atomic E-state index is 13.4. The molecule has 0 bridgehead atoms. The van der Waals surface area contributed by atoms with Crippen molar-refractivity contribution in [2.75, 3.05) is 31.2 Å². The Hall–Kier alpha value is -3.01. The Labute approximate surface area is 200 Å². The molecule has 0 aliphatic carbocycles. The first-order valence-corrected chi connectivity index (χ1v) is 11.9. The molecule has 0 spiro atoms. The van der Waals surface area contributed by atoms with E-state index in [0.717, 1.165) is 11.1 Å². The quantitative estimate of drug-likeness (QED) is 0.421. The number of aromatic nitrogens is 2. The highest BCUT2D eigenvalue weighted by Crippen LogP contribution is 2.34. The number of rotatable bonds is 4. The van der Waals surface area contributed by atoms with E-state index >= 15 is 0 Å². The second kappa shape index (κ2) is 9.09. The molecule has 2 saturated heterocycles. The number of benzene rings is 1. The number of pyridine rings is 1. The fourth-order valence-corrected chi connectivity index (χ4v) is 5.11. The lowest BCUT2D eigenvalue weighted by atomic mass is 10.1. The number of anilines is 1. The molecule has 1 amide bonds. The van der Waals surface area contributed by atoms with Crippen LogP contribution in [0.25, 0.3) is 11.7 Å². The maximum Gasteiger partial charge on any atom is 0.267 e. The Bertz CT molecular complexity index is 1330. The van der Waals surface area contributed by atoms with Crippen LogP contribution >= 0.6 is 24.0 Å². The molecule has 0 radical (unpaired) electrons. The molecule has 168 valence electrons. The number of fused-ring (bicyclic) bond motifs is 1. The SMILES string of the molecule is Cc1ccc(CN2C(=O)C(=Cc3c(N4CCOCC4)nc4ccccn4c3=O)SC2=S)cc1. The summed E-state index contributed by atoms with van der Waals surface area (Å²) in [6.45, 7) is 4.80. The van der Waals surface area contributed by atoms with E-state index in [-0.39, 0.29) is 11.5 Å². The summed E-state index contributed by atoms with van der Waals surface area (Å²) in [6, 6.07) is 13.5. The summed E-state index contributed by atoms with van der Waals surface area (Å²) in [5.74, 6) is 0.370. The van der Waals surface area contributed by atoms with Gasteiger partial charge in [-0.15, -0.1) is 0 Å². The van der Waals surface area contributed by atoms with Crippen LogP contribution in [0.2, 0.25) is 0 Å². The second-order valence-electron chi connectivity index (χ2n) is 7.94. The Kier molecular flexibility index (Phi) is 6.01. The third-order valence-corrected chi connectivity index (χ3v) is 7.05. The van der Waals surface area contributed by atoms with Crippen molar-refractivity contribution in [1.29, 1.82) is 0 Å². The molecule has 2 fully saturated rings. The van der Waals surface area contributed by atoms with Crippen LogP contribution in [0.3, 0.4) is 0 Å². The molecule has 9 heteroatoms. The average molecular weight is 479 g/mol. The Morgan fingerprint density at radius 3 is 2.64 bits per heavy atom. The van der Waals surface area contributed by atoms with Crippen LogP contribution in [-0.4, -0.2) is 50.8 Å². The number of carbonyl (C=O) groups excluding carboxylic acids is 1. The van der Waals surface area contributed by atoms with Crippen LogP contribution in [0.5, 0.6) is 0 Å². The van der Waals surface area contributed by atoms with E-state index in [1.54, 1.807) is 29.3 Å². The van der Waals surface area contributed by atoms with Gasteiger partial charge in [-0.3, -0.25) is 18.9 Å². The zero-order valence-corrected chi connectivity index (χ0v) is 19.7. The van der Waals surface area contributed by atoms with Crippen LogP contribution in [0.4, 0.5) is 5.82 Å². The summed E-state index contributed by atoms with van der Waals surface area (Å²) in [4.78, 5) is 35.5. The smallest absolute Gasteiger partial charge is 0.267 e. The number of aryl methyl sites for hydroxylation is 1. The molecule has 33 heavy (non-hydrogen) atoms. The Morgan fingerprint density at radius 2 is 1.88 bits per heavy atom. The normalized spacial score (nSPS) is 18.0. The van der Waals surface area contributed by atoms with E-state index in [2.05, 4.69) is 0 Å². The Morgan fingerprint density at radius 1 is 1.12 bits per heavy atom. The summed E-state index contributed by atoms with van der Waals surface area (Å²) in [5, 5.41) is 0. The molecular formula is C24H22N4O3S2. The van der Waals surface area contributed by atoms with Gasteiger partial charge in [-0.2, -0.15) is 0 Å². The van der Waals surface area contributed by atoms with Crippen LogP contribution in [-0.2, 0) is 16.1 Å². The van der Waals surface area contributed by atoms with Gasteiger partial charge in [0.1, 0.15) is 15.8 Å². The van der Waals surface area contributed by atoms with Gasteiger partial charge in [0.05, 0.1) is 30.2 Å². The van der Waals surface area contributed by atoms with Crippen molar-refractivity contribution < 1.29 is 9.53 Å². The molecule has 0 unspecified atom stereocenters. The minimum absolute atomic E-state index is 0.198. The third-order valence-electron chi connectivity index (χ3n) is 5.67. The molecule has 2 aromatic heterocycles. The van der Waals surface area contributed by atoms with Gasteiger partial charge in [0.2, 0.25) is 0 Å². The summed E-state index contributed by atoms with van der Waals surface area (Å²) < 4.78 is 7.45. The maximum atomic E-state index is 13.4. The first-order valence-electron chi connectivity index (χ1n) is 10.7. The van der Waals surface area contributed by atoms with E-state index in [9.17, 15) is 9.59 Å². The molecule has 4 heterocycles. The average Bonchev–Trinajstić information content (AvgIpc) is 3.10. The predicted molar refractivity (Wildman–Crippen MR) is 134 cm³/mol. The number of amides is 1. The first-order chi connectivity index (χ1) is 16.0. The number of morpholine rings is 1. The molecule has 0 saturated carbocycles. The number of ether oxygens (including phenoxy) is 1. The standard InChI is InChI=1S/C24H22N4O3S2/c1-16-5-7-17(8-6-16)15-28-23(30)19(33-24(28)32)14-18-21(26-10-12-31-13-11-26)25-20-4-2-3-9-27(20)22(18)29/h2-9,14H,10-13,15H2,1H3. The third kappa shape index (κ3) is 4.31. The second-order valence-corrected chi connectivity index (χ2v) is 9.61. The first kappa shape index (κ1) is 21.8. The molecule has 5 rings (SSSR count). The fraction of sp³-hybridized carbons (Fsp3) is 0.250. The fourth-order valence-electron chi connectivity index (χ4n) is 3.88. The minimum atomic E-state index is -0.217. The van der Waals surface area contributed by atoms with Crippen LogP contribution in [0.15, 0.2) is 58.4 Å². The van der Waals surface area contributed by atoms with Gasteiger partial charge in [-0.1, -0.05) is 59.9 Å². The number of thiocarbonyl (C=S) groups is 1. The zero-order chi connectivity index (χ0) is 22.9. The summed E-state index contributed by atoms with van der Waals surface area (Å²) >= 11 is 6.72. The lowest BCUT2D eigenvalue weighted by molar-refractivity contribution is -0.122. The van der Waals surface area contributed by atoms with Gasteiger partial charge in [0.25, 0.3) is 11.5 Å². The number of nitrogens with zero attached hydrogens (tertiary/aromatic N) is 4. The van der Waals surface area contributed by atoms with Crippen molar-refractivity contribution in [3.05, 3.63) is 80.6 Å². The van der Waals surface area contributed by atoms with E-state index in [1.807, 2.05) is 42.2 Å². The van der Waals surface area contributed by atoms with Crippen LogP contribution in [0.1, 0.15) is 16.7 Å². The summed E-state index contributed by atoms with van der Waals surface area (Å²) in [6.07, 6.45) is 3.34. The van der Waals surface area contributed by atoms with Crippen molar-refractivity contribution in [3.8, 4) is 0 Å². The number of hydrogen-bond donors (Lipinski definition) is 0. The summed E-state index contributed by atoms with van der Waals surface area (Å²) in [7, 11) is 0. The van der Waals surface area contributed by atoms with E-state index in [1.165, 1.54) is 16.2 Å².